The van der Waals surface area contributed by atoms with E-state index in [4.69, 9.17) is 25.8 Å². The van der Waals surface area contributed by atoms with Crippen LogP contribution in [0.2, 0.25) is 0 Å². The highest BCUT2D eigenvalue weighted by atomic mass is 35.5. The number of pyridine rings is 1. The van der Waals surface area contributed by atoms with E-state index in [-0.39, 0.29) is 23.7 Å². The summed E-state index contributed by atoms with van der Waals surface area (Å²) in [4.78, 5) is 39.2. The van der Waals surface area contributed by atoms with Crippen molar-refractivity contribution in [3.05, 3.63) is 87.7 Å². The van der Waals surface area contributed by atoms with E-state index in [9.17, 15) is 23.3 Å². The van der Waals surface area contributed by atoms with Crippen LogP contribution in [0.1, 0.15) is 56.3 Å². The number of anilines is 1. The summed E-state index contributed by atoms with van der Waals surface area (Å²) in [6.07, 6.45) is 9.18. The van der Waals surface area contributed by atoms with Crippen LogP contribution in [0.3, 0.4) is 0 Å². The van der Waals surface area contributed by atoms with Gasteiger partial charge in [-0.25, -0.2) is 18.1 Å². The molecule has 4 heterocycles. The second-order valence-electron chi connectivity index (χ2n) is 18.1. The van der Waals surface area contributed by atoms with Gasteiger partial charge in [0.15, 0.2) is 5.75 Å². The number of piperazine rings is 1. The van der Waals surface area contributed by atoms with Gasteiger partial charge in [-0.3, -0.25) is 24.7 Å². The summed E-state index contributed by atoms with van der Waals surface area (Å²) in [5.74, 6) is 1.56. The number of aromatic nitrogens is 2. The van der Waals surface area contributed by atoms with Crippen molar-refractivity contribution < 1.29 is 32.3 Å². The summed E-state index contributed by atoms with van der Waals surface area (Å²) in [5.41, 5.74) is 4.54. The molecular formula is C45H54ClN7O8S. The highest BCUT2D eigenvalue weighted by Gasteiger charge is 2.55. The van der Waals surface area contributed by atoms with E-state index in [1.165, 1.54) is 31.2 Å². The Morgan fingerprint density at radius 3 is 2.56 bits per heavy atom. The second-order valence-corrected chi connectivity index (χ2v) is 20.4. The Balaban J connectivity index is 0.910. The number of halogens is 1. The van der Waals surface area contributed by atoms with Crippen molar-refractivity contribution in [2.24, 2.45) is 23.2 Å². The van der Waals surface area contributed by atoms with Crippen LogP contribution in [0.4, 0.5) is 11.4 Å². The standard InChI is InChI=1S/C45H54ClN7O8S/c1-45(2)9-7-30(38(26-45)36-25-39(46)37-24-35(36)37)28-51-11-13-52(14-12-51)31-3-5-34(42(22-31)61-32-21-29-8-10-47-43(29)48-27-32)44(54)49-62(57,58)33-4-6-41(40(23-33)53(55)56)60-20-17-50-15-18-59-19-16-50/h3-6,8,10,21-23,27,35-37,39H,7,9,11-20,24-26,28H2,1-2H3,(H,47,48)(H,49,54)/t35?,36-,37?,39+/m1/s1. The van der Waals surface area contributed by atoms with Crippen molar-refractivity contribution in [3.8, 4) is 17.2 Å². The maximum Gasteiger partial charge on any atom is 0.312 e. The first-order valence-electron chi connectivity index (χ1n) is 21.7. The number of carbonyl (C=O) groups is 1. The predicted molar refractivity (Wildman–Crippen MR) is 236 cm³/mol. The first-order chi connectivity index (χ1) is 29.8. The number of sulfonamides is 1. The normalized spacial score (nSPS) is 24.2. The van der Waals surface area contributed by atoms with Crippen LogP contribution >= 0.6 is 11.6 Å². The number of amides is 1. The Kier molecular flexibility index (Phi) is 12.0. The molecule has 15 nitrogen and oxygen atoms in total. The van der Waals surface area contributed by atoms with Gasteiger partial charge in [-0.05, 0) is 91.7 Å². The van der Waals surface area contributed by atoms with Gasteiger partial charge in [-0.15, -0.1) is 11.6 Å². The van der Waals surface area contributed by atoms with Crippen LogP contribution < -0.4 is 19.1 Å². The molecule has 2 aromatic carbocycles. The first kappa shape index (κ1) is 42.6. The Labute approximate surface area is 366 Å². The molecule has 330 valence electrons. The number of nitro benzene ring substituents is 1. The number of nitrogens with zero attached hydrogens (tertiary/aromatic N) is 5. The molecular weight excluding hydrogens is 834 g/mol. The van der Waals surface area contributed by atoms with Crippen LogP contribution in [0, 0.1) is 33.3 Å². The fraction of sp³-hybridized carbons (Fsp3) is 0.511. The average Bonchev–Trinajstić information content (AvgIpc) is 3.80. The fourth-order valence-corrected chi connectivity index (χ4v) is 11.3. The smallest absolute Gasteiger partial charge is 0.312 e. The highest BCUT2D eigenvalue weighted by Crippen LogP contribution is 2.61. The minimum atomic E-state index is -4.58. The molecule has 2 unspecified atom stereocenters. The number of ether oxygens (including phenoxy) is 3. The molecule has 3 aliphatic carbocycles. The summed E-state index contributed by atoms with van der Waals surface area (Å²) in [6, 6.07) is 12.1. The summed E-state index contributed by atoms with van der Waals surface area (Å²) in [7, 11) is -4.58. The molecule has 2 aliphatic heterocycles. The fourth-order valence-electron chi connectivity index (χ4n) is 9.85. The molecule has 2 saturated carbocycles. The summed E-state index contributed by atoms with van der Waals surface area (Å²) >= 11 is 6.78. The number of carbonyl (C=O) groups excluding carboxylic acids is 1. The molecule has 4 aromatic rings. The van der Waals surface area contributed by atoms with Gasteiger partial charge in [0.2, 0.25) is 0 Å². The zero-order valence-electron chi connectivity index (χ0n) is 35.2. The molecule has 2 N–H and O–H groups in total. The van der Waals surface area contributed by atoms with Crippen molar-refractivity contribution in [1.29, 1.82) is 0 Å². The molecule has 17 heteroatoms. The maximum absolute atomic E-state index is 13.9. The zero-order valence-corrected chi connectivity index (χ0v) is 36.8. The third-order valence-electron chi connectivity index (χ3n) is 13.4. The van der Waals surface area contributed by atoms with Crippen molar-refractivity contribution in [3.63, 3.8) is 0 Å². The lowest BCUT2D eigenvalue weighted by Crippen LogP contribution is -2.47. The summed E-state index contributed by atoms with van der Waals surface area (Å²) < 4.78 is 46.8. The number of alkyl halides is 1. The van der Waals surface area contributed by atoms with Crippen molar-refractivity contribution in [2.75, 3.05) is 77.1 Å². The first-order valence-corrected chi connectivity index (χ1v) is 23.6. The number of nitro groups is 1. The molecule has 4 atom stereocenters. The van der Waals surface area contributed by atoms with Crippen LogP contribution in [0.25, 0.3) is 11.0 Å². The Morgan fingerprint density at radius 2 is 1.82 bits per heavy atom. The molecule has 9 rings (SSSR count). The van der Waals surface area contributed by atoms with E-state index >= 15 is 0 Å². The largest absolute Gasteiger partial charge is 0.485 e. The lowest BCUT2D eigenvalue weighted by atomic mass is 9.70. The van der Waals surface area contributed by atoms with E-state index < -0.39 is 31.4 Å². The predicted octanol–water partition coefficient (Wildman–Crippen LogP) is 6.99. The Bertz CT molecular complexity index is 2480. The number of hydrogen-bond acceptors (Lipinski definition) is 12. The topological polar surface area (TPSA) is 172 Å². The Morgan fingerprint density at radius 1 is 1.02 bits per heavy atom. The van der Waals surface area contributed by atoms with Crippen molar-refractivity contribution in [2.45, 2.75) is 56.2 Å². The van der Waals surface area contributed by atoms with Gasteiger partial charge in [-0.1, -0.05) is 25.0 Å². The number of nitrogens with one attached hydrogen (secondary N) is 2. The van der Waals surface area contributed by atoms with Gasteiger partial charge in [-0.2, -0.15) is 0 Å². The molecule has 5 aliphatic rings. The van der Waals surface area contributed by atoms with E-state index in [2.05, 4.69) is 43.2 Å². The third kappa shape index (κ3) is 9.30. The average molecular weight is 888 g/mol. The number of benzene rings is 2. The SMILES string of the molecule is CC1(C)CCC(CN2CCN(c3ccc(C(=O)NS(=O)(=O)c4ccc(OCCN5CCOCC5)c([N+](=O)[O-])c4)c(Oc4cnc5[nH]ccc5c4)c3)CC2)=C([C@@H]2C[C@H](Cl)C3CC32)C1. The number of fused-ring (bicyclic) bond motifs is 2. The molecule has 0 spiro atoms. The third-order valence-corrected chi connectivity index (χ3v) is 15.3. The van der Waals surface area contributed by atoms with E-state index in [1.54, 1.807) is 41.6 Å². The molecule has 62 heavy (non-hydrogen) atoms. The quantitative estimate of drug-likeness (QED) is 0.0577. The van der Waals surface area contributed by atoms with E-state index in [1.807, 2.05) is 6.07 Å². The number of hydrogen-bond donors (Lipinski definition) is 2. The van der Waals surface area contributed by atoms with Crippen LogP contribution in [0.5, 0.6) is 17.2 Å². The summed E-state index contributed by atoms with van der Waals surface area (Å²) in [5, 5.41) is 13.2. The van der Waals surface area contributed by atoms with Gasteiger partial charge < -0.3 is 24.1 Å². The van der Waals surface area contributed by atoms with Gasteiger partial charge in [0.05, 0.1) is 34.8 Å². The summed E-state index contributed by atoms with van der Waals surface area (Å²) in [6.45, 7) is 12.4. The van der Waals surface area contributed by atoms with Crippen molar-refractivity contribution >= 4 is 49.9 Å². The van der Waals surface area contributed by atoms with Crippen molar-refractivity contribution in [1.82, 2.24) is 24.5 Å². The second kappa shape index (κ2) is 17.4. The van der Waals surface area contributed by atoms with Gasteiger partial charge >= 0.3 is 5.69 Å². The molecule has 1 amide bonds. The molecule has 4 fully saturated rings. The zero-order chi connectivity index (χ0) is 43.2. The molecule has 0 bridgehead atoms. The number of allylic oxidation sites excluding steroid dienone is 1. The molecule has 0 radical (unpaired) electrons. The molecule has 2 saturated heterocycles. The number of rotatable bonds is 14. The van der Waals surface area contributed by atoms with Crippen LogP contribution in [-0.4, -0.2) is 117 Å². The van der Waals surface area contributed by atoms with E-state index in [0.717, 1.165) is 88.1 Å². The minimum Gasteiger partial charge on any atom is -0.485 e. The maximum atomic E-state index is 13.9. The number of morpholine rings is 1. The number of aromatic amines is 1. The lowest BCUT2D eigenvalue weighted by Gasteiger charge is -2.40. The minimum absolute atomic E-state index is 0.0358. The number of H-pyrrole nitrogens is 1. The molecule has 2 aromatic heterocycles. The van der Waals surface area contributed by atoms with Gasteiger partial charge in [0.25, 0.3) is 15.9 Å². The monoisotopic (exact) mass is 887 g/mol. The lowest BCUT2D eigenvalue weighted by molar-refractivity contribution is -0.386. The highest BCUT2D eigenvalue weighted by molar-refractivity contribution is 7.90. The van der Waals surface area contributed by atoms with Gasteiger partial charge in [0.1, 0.15) is 23.8 Å². The van der Waals surface area contributed by atoms with Gasteiger partial charge in [0, 0.05) is 87.1 Å². The van der Waals surface area contributed by atoms with Crippen LogP contribution in [-0.2, 0) is 14.8 Å². The van der Waals surface area contributed by atoms with Crippen LogP contribution in [0.15, 0.2) is 77.0 Å². The Hall–Kier alpha value is -4.74. The van der Waals surface area contributed by atoms with E-state index in [0.29, 0.717) is 53.8 Å².